The van der Waals surface area contributed by atoms with Crippen molar-refractivity contribution in [1.29, 1.82) is 5.26 Å². The molecule has 3 rings (SSSR count). The maximum Gasteiger partial charge on any atom is 0.269 e. The van der Waals surface area contributed by atoms with Gasteiger partial charge in [0.25, 0.3) is 5.91 Å². The first-order valence-corrected chi connectivity index (χ1v) is 9.60. The predicted octanol–water partition coefficient (Wildman–Crippen LogP) is 2.94. The quantitative estimate of drug-likeness (QED) is 0.793. The van der Waals surface area contributed by atoms with Crippen LogP contribution in [0.4, 0.5) is 0 Å². The van der Waals surface area contributed by atoms with Gasteiger partial charge in [-0.05, 0) is 56.0 Å². The summed E-state index contributed by atoms with van der Waals surface area (Å²) in [4.78, 5) is 41.7. The number of nitriles is 1. The molecular formula is C23H23N3O3. The maximum atomic E-state index is 13.0. The molecule has 0 bridgehead atoms. The molecular weight excluding hydrogens is 366 g/mol. The van der Waals surface area contributed by atoms with Crippen LogP contribution in [0.5, 0.6) is 0 Å². The van der Waals surface area contributed by atoms with Gasteiger partial charge in [0.1, 0.15) is 17.4 Å². The van der Waals surface area contributed by atoms with Gasteiger partial charge >= 0.3 is 0 Å². The zero-order chi connectivity index (χ0) is 21.1. The topological polar surface area (TPSA) is 99.9 Å². The van der Waals surface area contributed by atoms with E-state index in [4.69, 9.17) is 5.26 Å². The molecule has 148 valence electrons. The van der Waals surface area contributed by atoms with Crippen molar-refractivity contribution in [1.82, 2.24) is 10.3 Å². The third kappa shape index (κ3) is 4.24. The van der Waals surface area contributed by atoms with Gasteiger partial charge in [-0.15, -0.1) is 0 Å². The predicted molar refractivity (Wildman–Crippen MR) is 107 cm³/mol. The smallest absolute Gasteiger partial charge is 0.269 e. The van der Waals surface area contributed by atoms with E-state index in [1.165, 1.54) is 18.3 Å². The second-order valence-corrected chi connectivity index (χ2v) is 7.60. The fraction of sp³-hybridized carbons (Fsp3) is 0.348. The molecule has 0 spiro atoms. The lowest BCUT2D eigenvalue weighted by atomic mass is 9.86. The number of nitrogens with zero attached hydrogens (tertiary/aromatic N) is 2. The van der Waals surface area contributed by atoms with E-state index in [0.717, 1.165) is 22.3 Å². The highest BCUT2D eigenvalue weighted by molar-refractivity contribution is 6.15. The SMILES string of the molecule is Cc1cc(C)c(C2C(=O)CC(CCNC(=O)c3cc(C#N)ccn3)C2=O)c(C)c1. The Kier molecular flexibility index (Phi) is 5.88. The average Bonchev–Trinajstić information content (AvgIpc) is 2.95. The molecule has 1 N–H and O–H groups in total. The van der Waals surface area contributed by atoms with Crippen LogP contribution in [0.3, 0.4) is 0 Å². The first-order valence-electron chi connectivity index (χ1n) is 9.60. The van der Waals surface area contributed by atoms with Gasteiger partial charge < -0.3 is 5.32 Å². The molecule has 1 saturated carbocycles. The molecule has 6 nitrogen and oxygen atoms in total. The molecule has 1 fully saturated rings. The molecule has 29 heavy (non-hydrogen) atoms. The highest BCUT2D eigenvalue weighted by atomic mass is 16.2. The molecule has 1 heterocycles. The van der Waals surface area contributed by atoms with E-state index in [1.54, 1.807) is 0 Å². The van der Waals surface area contributed by atoms with Crippen LogP contribution in [0, 0.1) is 38.0 Å². The Morgan fingerprint density at radius 3 is 2.55 bits per heavy atom. The zero-order valence-electron chi connectivity index (χ0n) is 16.8. The van der Waals surface area contributed by atoms with Crippen LogP contribution in [-0.4, -0.2) is 29.0 Å². The molecule has 2 atom stereocenters. The number of benzene rings is 1. The summed E-state index contributed by atoms with van der Waals surface area (Å²) >= 11 is 0. The minimum absolute atomic E-state index is 0.0511. The monoisotopic (exact) mass is 389 g/mol. The molecule has 1 aromatic heterocycles. The molecule has 1 amide bonds. The van der Waals surface area contributed by atoms with Gasteiger partial charge in [0.2, 0.25) is 0 Å². The molecule has 1 aromatic carbocycles. The zero-order valence-corrected chi connectivity index (χ0v) is 16.8. The Balaban J connectivity index is 1.65. The molecule has 2 aromatic rings. The lowest BCUT2D eigenvalue weighted by molar-refractivity contribution is -0.124. The minimum Gasteiger partial charge on any atom is -0.351 e. The average molecular weight is 389 g/mol. The van der Waals surface area contributed by atoms with E-state index in [9.17, 15) is 14.4 Å². The van der Waals surface area contributed by atoms with Crippen molar-refractivity contribution >= 4 is 17.5 Å². The molecule has 1 aliphatic carbocycles. The number of aryl methyl sites for hydroxylation is 3. The van der Waals surface area contributed by atoms with Crippen LogP contribution >= 0.6 is 0 Å². The Bertz CT molecular complexity index is 1010. The molecule has 0 radical (unpaired) electrons. The molecule has 1 aliphatic rings. The van der Waals surface area contributed by atoms with Crippen LogP contribution in [-0.2, 0) is 9.59 Å². The second kappa shape index (κ2) is 8.36. The summed E-state index contributed by atoms with van der Waals surface area (Å²) in [5.41, 5.74) is 4.37. The number of amides is 1. The van der Waals surface area contributed by atoms with E-state index in [-0.39, 0.29) is 30.2 Å². The molecule has 0 saturated heterocycles. The first kappa shape index (κ1) is 20.4. The van der Waals surface area contributed by atoms with Crippen molar-refractivity contribution in [3.8, 4) is 6.07 Å². The molecule has 0 aliphatic heterocycles. The van der Waals surface area contributed by atoms with Crippen molar-refractivity contribution in [2.24, 2.45) is 5.92 Å². The first-order chi connectivity index (χ1) is 13.8. The van der Waals surface area contributed by atoms with Crippen LogP contribution in [0.2, 0.25) is 0 Å². The number of rotatable bonds is 5. The highest BCUT2D eigenvalue weighted by Gasteiger charge is 2.42. The minimum atomic E-state index is -0.703. The lowest BCUT2D eigenvalue weighted by Crippen LogP contribution is -2.28. The van der Waals surface area contributed by atoms with Crippen molar-refractivity contribution in [3.05, 3.63) is 64.0 Å². The summed E-state index contributed by atoms with van der Waals surface area (Å²) < 4.78 is 0. The van der Waals surface area contributed by atoms with Crippen LogP contribution < -0.4 is 5.32 Å². The second-order valence-electron chi connectivity index (χ2n) is 7.60. The van der Waals surface area contributed by atoms with Gasteiger partial charge in [0.05, 0.1) is 11.6 Å². The fourth-order valence-electron chi connectivity index (χ4n) is 4.12. The van der Waals surface area contributed by atoms with Crippen LogP contribution in [0.1, 0.15) is 57.1 Å². The number of nitrogens with one attached hydrogen (secondary N) is 1. The summed E-state index contributed by atoms with van der Waals surface area (Å²) in [6, 6.07) is 8.90. The fourth-order valence-corrected chi connectivity index (χ4v) is 4.12. The Morgan fingerprint density at radius 2 is 1.90 bits per heavy atom. The van der Waals surface area contributed by atoms with E-state index in [0.29, 0.717) is 12.0 Å². The summed E-state index contributed by atoms with van der Waals surface area (Å²) in [6.45, 7) is 6.13. The van der Waals surface area contributed by atoms with E-state index in [1.807, 2.05) is 39.0 Å². The van der Waals surface area contributed by atoms with Crippen molar-refractivity contribution in [2.45, 2.75) is 39.5 Å². The van der Waals surface area contributed by atoms with Gasteiger partial charge in [0, 0.05) is 25.1 Å². The van der Waals surface area contributed by atoms with Crippen molar-refractivity contribution in [3.63, 3.8) is 0 Å². The molecule has 2 unspecified atom stereocenters. The number of Topliss-reactive ketones (excluding diaryl/α,β-unsaturated/α-hetero) is 2. The van der Waals surface area contributed by atoms with Gasteiger partial charge in [-0.2, -0.15) is 5.26 Å². The number of aromatic nitrogens is 1. The normalized spacial score (nSPS) is 18.6. The van der Waals surface area contributed by atoms with E-state index >= 15 is 0 Å². The number of hydrogen-bond donors (Lipinski definition) is 1. The summed E-state index contributed by atoms with van der Waals surface area (Å²) in [5, 5.41) is 11.6. The third-order valence-corrected chi connectivity index (χ3v) is 5.38. The summed E-state index contributed by atoms with van der Waals surface area (Å²) in [7, 11) is 0. The van der Waals surface area contributed by atoms with Gasteiger partial charge in [-0.1, -0.05) is 17.7 Å². The number of pyridine rings is 1. The Labute approximate surface area is 170 Å². The summed E-state index contributed by atoms with van der Waals surface area (Å²) in [5.74, 6) is -1.62. The maximum absolute atomic E-state index is 13.0. The van der Waals surface area contributed by atoms with Crippen LogP contribution in [0.25, 0.3) is 0 Å². The van der Waals surface area contributed by atoms with Gasteiger partial charge in [-0.3, -0.25) is 19.4 Å². The molecule has 6 heteroatoms. The van der Waals surface area contributed by atoms with Crippen molar-refractivity contribution < 1.29 is 14.4 Å². The Morgan fingerprint density at radius 1 is 1.21 bits per heavy atom. The van der Waals surface area contributed by atoms with E-state index in [2.05, 4.69) is 10.3 Å². The summed E-state index contributed by atoms with van der Waals surface area (Å²) in [6.07, 6.45) is 2.01. The number of ketones is 2. The van der Waals surface area contributed by atoms with Crippen molar-refractivity contribution in [2.75, 3.05) is 6.54 Å². The van der Waals surface area contributed by atoms with Crippen LogP contribution in [0.15, 0.2) is 30.5 Å². The number of carbonyl (C=O) groups is 3. The lowest BCUT2D eigenvalue weighted by Gasteiger charge is -2.16. The largest absolute Gasteiger partial charge is 0.351 e. The number of hydrogen-bond acceptors (Lipinski definition) is 5. The Hall–Kier alpha value is -3.33. The van der Waals surface area contributed by atoms with Gasteiger partial charge in [-0.25, -0.2) is 0 Å². The number of carbonyl (C=O) groups excluding carboxylic acids is 3. The highest BCUT2D eigenvalue weighted by Crippen LogP contribution is 2.37. The standard InChI is InChI=1S/C23H23N3O3/c1-13-8-14(2)20(15(3)9-13)21-19(27)11-17(22(21)28)5-7-26-23(29)18-10-16(12-24)4-6-25-18/h4,6,8-10,17,21H,5,7,11H2,1-3H3,(H,26,29). The van der Waals surface area contributed by atoms with E-state index < -0.39 is 17.7 Å². The van der Waals surface area contributed by atoms with Gasteiger partial charge in [0.15, 0.2) is 5.78 Å². The third-order valence-electron chi connectivity index (χ3n) is 5.38.